The fourth-order valence-corrected chi connectivity index (χ4v) is 2.24. The third kappa shape index (κ3) is 2.38. The van der Waals surface area contributed by atoms with Gasteiger partial charge in [0.25, 0.3) is 11.8 Å². The molecule has 2 heterocycles. The van der Waals surface area contributed by atoms with Crippen LogP contribution in [-0.4, -0.2) is 39.7 Å². The lowest BCUT2D eigenvalue weighted by Gasteiger charge is -2.19. The van der Waals surface area contributed by atoms with Crippen LogP contribution in [0.3, 0.4) is 0 Å². The maximum Gasteiger partial charge on any atom is 0.253 e. The van der Waals surface area contributed by atoms with Crippen LogP contribution in [0.25, 0.3) is 0 Å². The first-order valence-corrected chi connectivity index (χ1v) is 6.22. The average molecular weight is 263 g/mol. The summed E-state index contributed by atoms with van der Waals surface area (Å²) in [5.74, 6) is -0.909. The molecule has 0 aliphatic carbocycles. The monoisotopic (exact) mass is 263 g/mol. The Hall–Kier alpha value is -2.11. The van der Waals surface area contributed by atoms with Crippen molar-refractivity contribution in [2.45, 2.75) is 39.3 Å². The van der Waals surface area contributed by atoms with Crippen LogP contribution in [0.5, 0.6) is 0 Å². The second-order valence-corrected chi connectivity index (χ2v) is 4.94. The molecular weight excluding hydrogens is 246 g/mol. The Bertz CT molecular complexity index is 533. The predicted octanol–water partition coefficient (Wildman–Crippen LogP) is 0.589. The number of H-pyrrole nitrogens is 1. The average Bonchev–Trinajstić information content (AvgIpc) is 2.84. The molecule has 2 rings (SSSR count). The molecule has 19 heavy (non-hydrogen) atoms. The van der Waals surface area contributed by atoms with E-state index in [0.717, 1.165) is 5.69 Å². The molecule has 2 N–H and O–H groups in total. The highest BCUT2D eigenvalue weighted by atomic mass is 16.2. The summed E-state index contributed by atoms with van der Waals surface area (Å²) in [6.45, 7) is 5.32. The molecule has 6 nitrogen and oxygen atoms in total. The molecule has 102 valence electrons. The highest BCUT2D eigenvalue weighted by molar-refractivity contribution is 6.08. The number of rotatable bonds is 3. The zero-order valence-electron chi connectivity index (χ0n) is 11.2. The standard InChI is InChI=1S/C13H17N3O3/c1-7(2)16-11(17)6-10(13(16)19)15-12(18)9-4-5-14-8(9)3/h4-5,7,10,14H,6H2,1-3H3,(H,15,18). The van der Waals surface area contributed by atoms with Crippen LogP contribution in [-0.2, 0) is 9.59 Å². The molecule has 6 heteroatoms. The fraction of sp³-hybridized carbons (Fsp3) is 0.462. The fourth-order valence-electron chi connectivity index (χ4n) is 2.24. The van der Waals surface area contributed by atoms with Gasteiger partial charge in [0.15, 0.2) is 0 Å². The molecule has 0 radical (unpaired) electrons. The number of carbonyl (C=O) groups is 3. The summed E-state index contributed by atoms with van der Waals surface area (Å²) in [4.78, 5) is 39.8. The van der Waals surface area contributed by atoms with Gasteiger partial charge in [-0.15, -0.1) is 0 Å². The van der Waals surface area contributed by atoms with Crippen molar-refractivity contribution < 1.29 is 14.4 Å². The largest absolute Gasteiger partial charge is 0.365 e. The highest BCUT2D eigenvalue weighted by Crippen LogP contribution is 2.17. The first-order chi connectivity index (χ1) is 8.91. The minimum absolute atomic E-state index is 0.0340. The lowest BCUT2D eigenvalue weighted by atomic mass is 10.2. The molecule has 1 aromatic heterocycles. The van der Waals surface area contributed by atoms with Gasteiger partial charge in [-0.1, -0.05) is 0 Å². The van der Waals surface area contributed by atoms with Gasteiger partial charge in [-0.05, 0) is 26.8 Å². The molecule has 1 unspecified atom stereocenters. The minimum Gasteiger partial charge on any atom is -0.365 e. The smallest absolute Gasteiger partial charge is 0.253 e. The molecule has 1 atom stereocenters. The van der Waals surface area contributed by atoms with Crippen LogP contribution in [0.1, 0.15) is 36.3 Å². The topological polar surface area (TPSA) is 82.3 Å². The van der Waals surface area contributed by atoms with E-state index in [1.165, 1.54) is 4.90 Å². The number of nitrogens with zero attached hydrogens (tertiary/aromatic N) is 1. The van der Waals surface area contributed by atoms with E-state index in [1.807, 2.05) is 0 Å². The summed E-state index contributed by atoms with van der Waals surface area (Å²) in [5, 5.41) is 2.62. The Morgan fingerprint density at radius 2 is 2.16 bits per heavy atom. The van der Waals surface area contributed by atoms with Crippen molar-refractivity contribution in [1.29, 1.82) is 0 Å². The number of likely N-dealkylation sites (tertiary alicyclic amines) is 1. The van der Waals surface area contributed by atoms with E-state index >= 15 is 0 Å². The number of imide groups is 1. The van der Waals surface area contributed by atoms with Crippen molar-refractivity contribution in [1.82, 2.24) is 15.2 Å². The molecular formula is C13H17N3O3. The SMILES string of the molecule is Cc1[nH]ccc1C(=O)NC1CC(=O)N(C(C)C)C1=O. The van der Waals surface area contributed by atoms with Gasteiger partial charge in [-0.2, -0.15) is 0 Å². The zero-order chi connectivity index (χ0) is 14.2. The van der Waals surface area contributed by atoms with E-state index < -0.39 is 6.04 Å². The predicted molar refractivity (Wildman–Crippen MR) is 68.4 cm³/mol. The van der Waals surface area contributed by atoms with Crippen molar-refractivity contribution in [2.75, 3.05) is 0 Å². The van der Waals surface area contributed by atoms with E-state index in [2.05, 4.69) is 10.3 Å². The number of aromatic amines is 1. The second-order valence-electron chi connectivity index (χ2n) is 4.94. The number of aryl methyl sites for hydroxylation is 1. The Labute approximate surface area is 111 Å². The van der Waals surface area contributed by atoms with Gasteiger partial charge in [-0.25, -0.2) is 0 Å². The van der Waals surface area contributed by atoms with E-state index in [0.29, 0.717) is 5.56 Å². The first-order valence-electron chi connectivity index (χ1n) is 6.22. The number of hydrogen-bond acceptors (Lipinski definition) is 3. The third-order valence-electron chi connectivity index (χ3n) is 3.20. The number of nitrogens with one attached hydrogen (secondary N) is 2. The quantitative estimate of drug-likeness (QED) is 0.783. The lowest BCUT2D eigenvalue weighted by Crippen LogP contribution is -2.43. The molecule has 1 fully saturated rings. The van der Waals surface area contributed by atoms with Crippen molar-refractivity contribution in [3.05, 3.63) is 23.5 Å². The summed E-state index contributed by atoms with van der Waals surface area (Å²) < 4.78 is 0. The minimum atomic E-state index is -0.753. The van der Waals surface area contributed by atoms with Crippen molar-refractivity contribution in [3.63, 3.8) is 0 Å². The molecule has 1 aromatic rings. The molecule has 0 saturated carbocycles. The maximum atomic E-state index is 12.0. The summed E-state index contributed by atoms with van der Waals surface area (Å²) >= 11 is 0. The normalized spacial score (nSPS) is 19.4. The van der Waals surface area contributed by atoms with Crippen molar-refractivity contribution in [2.24, 2.45) is 0 Å². The van der Waals surface area contributed by atoms with E-state index in [1.54, 1.807) is 33.0 Å². The molecule has 1 aliphatic rings. The van der Waals surface area contributed by atoms with Crippen LogP contribution in [0.15, 0.2) is 12.3 Å². The van der Waals surface area contributed by atoms with Crippen molar-refractivity contribution >= 4 is 17.7 Å². The van der Waals surface area contributed by atoms with Crippen LogP contribution in [0.4, 0.5) is 0 Å². The number of carbonyl (C=O) groups excluding carboxylic acids is 3. The van der Waals surface area contributed by atoms with Gasteiger partial charge in [0.1, 0.15) is 6.04 Å². The number of aromatic nitrogens is 1. The van der Waals surface area contributed by atoms with Gasteiger partial charge in [0.05, 0.1) is 12.0 Å². The first kappa shape index (κ1) is 13.3. The van der Waals surface area contributed by atoms with E-state index in [-0.39, 0.29) is 30.2 Å². The molecule has 0 bridgehead atoms. The number of hydrogen-bond donors (Lipinski definition) is 2. The van der Waals surface area contributed by atoms with Gasteiger partial charge in [-0.3, -0.25) is 19.3 Å². The van der Waals surface area contributed by atoms with Crippen LogP contribution in [0, 0.1) is 6.92 Å². The second kappa shape index (κ2) is 4.87. The van der Waals surface area contributed by atoms with Crippen LogP contribution in [0.2, 0.25) is 0 Å². The molecule has 1 saturated heterocycles. The molecule has 0 spiro atoms. The maximum absolute atomic E-state index is 12.0. The van der Waals surface area contributed by atoms with Gasteiger partial charge < -0.3 is 10.3 Å². The Balaban J connectivity index is 2.09. The zero-order valence-corrected chi connectivity index (χ0v) is 11.2. The molecule has 1 aliphatic heterocycles. The lowest BCUT2D eigenvalue weighted by molar-refractivity contribution is -0.140. The van der Waals surface area contributed by atoms with Crippen LogP contribution >= 0.6 is 0 Å². The summed E-state index contributed by atoms with van der Waals surface area (Å²) in [6, 6.07) is 0.708. The van der Waals surface area contributed by atoms with Gasteiger partial charge in [0.2, 0.25) is 5.91 Å². The number of amides is 3. The summed E-state index contributed by atoms with van der Waals surface area (Å²) in [6.07, 6.45) is 1.69. The van der Waals surface area contributed by atoms with E-state index in [9.17, 15) is 14.4 Å². The molecule has 3 amide bonds. The Morgan fingerprint density at radius 3 is 2.63 bits per heavy atom. The Kier molecular flexibility index (Phi) is 3.42. The summed E-state index contributed by atoms with van der Waals surface area (Å²) in [5.41, 5.74) is 1.22. The van der Waals surface area contributed by atoms with E-state index in [4.69, 9.17) is 0 Å². The van der Waals surface area contributed by atoms with Gasteiger partial charge in [0, 0.05) is 17.9 Å². The van der Waals surface area contributed by atoms with Crippen molar-refractivity contribution in [3.8, 4) is 0 Å². The summed E-state index contributed by atoms with van der Waals surface area (Å²) in [7, 11) is 0. The van der Waals surface area contributed by atoms with Crippen LogP contribution < -0.4 is 5.32 Å². The highest BCUT2D eigenvalue weighted by Gasteiger charge is 2.40. The Morgan fingerprint density at radius 1 is 1.47 bits per heavy atom. The molecule has 0 aromatic carbocycles. The van der Waals surface area contributed by atoms with Gasteiger partial charge >= 0.3 is 0 Å². The third-order valence-corrected chi connectivity index (χ3v) is 3.20.